The van der Waals surface area contributed by atoms with Gasteiger partial charge in [0.2, 0.25) is 0 Å². The number of carbonyl (C=O) groups excluding carboxylic acids is 3. The Kier molecular flexibility index (Phi) is 4.53. The molecule has 2 aliphatic heterocycles. The maximum atomic E-state index is 12.4. The number of anilines is 1. The van der Waals surface area contributed by atoms with E-state index in [1.54, 1.807) is 23.1 Å². The average molecular weight is 331 g/mol. The van der Waals surface area contributed by atoms with Crippen molar-refractivity contribution in [2.75, 3.05) is 38.2 Å². The summed E-state index contributed by atoms with van der Waals surface area (Å²) in [5.74, 6) is -0.367. The first-order valence-electron chi connectivity index (χ1n) is 8.11. The first kappa shape index (κ1) is 16.4. The number of fused-ring (bicyclic) bond motifs is 1. The largest absolute Gasteiger partial charge is 0.378 e. The summed E-state index contributed by atoms with van der Waals surface area (Å²) in [5.41, 5.74) is 1.25. The molecule has 1 N–H and O–H groups in total. The number of amides is 4. The van der Waals surface area contributed by atoms with Gasteiger partial charge in [-0.25, -0.2) is 4.79 Å². The number of ether oxygens (including phenoxy) is 1. The number of carbonyl (C=O) groups is 3. The fourth-order valence-corrected chi connectivity index (χ4v) is 2.87. The molecule has 128 valence electrons. The third-order valence-electron chi connectivity index (χ3n) is 4.07. The predicted octanol–water partition coefficient (Wildman–Crippen LogP) is 1.80. The van der Waals surface area contributed by atoms with Crippen LogP contribution in [0.25, 0.3) is 0 Å². The SMILES string of the molecule is CC(C)CN1C(=O)c2ccc(NC(=O)N3CCOCC3)cc2C1=O. The van der Waals surface area contributed by atoms with Crippen LogP contribution in [0.3, 0.4) is 0 Å². The number of urea groups is 1. The predicted molar refractivity (Wildman–Crippen MR) is 88.1 cm³/mol. The molecule has 24 heavy (non-hydrogen) atoms. The lowest BCUT2D eigenvalue weighted by molar-refractivity contribution is 0.0564. The number of benzene rings is 1. The molecule has 0 unspecified atom stereocenters. The smallest absolute Gasteiger partial charge is 0.321 e. The van der Waals surface area contributed by atoms with Gasteiger partial charge < -0.3 is 15.0 Å². The molecule has 0 saturated carbocycles. The molecule has 3 rings (SSSR count). The highest BCUT2D eigenvalue weighted by Crippen LogP contribution is 2.26. The fourth-order valence-electron chi connectivity index (χ4n) is 2.87. The van der Waals surface area contributed by atoms with Crippen molar-refractivity contribution in [2.45, 2.75) is 13.8 Å². The van der Waals surface area contributed by atoms with Crippen LogP contribution in [-0.2, 0) is 4.74 Å². The van der Waals surface area contributed by atoms with Gasteiger partial charge in [-0.1, -0.05) is 13.8 Å². The lowest BCUT2D eigenvalue weighted by Crippen LogP contribution is -2.43. The Bertz CT molecular complexity index is 680. The summed E-state index contributed by atoms with van der Waals surface area (Å²) in [5, 5.41) is 2.78. The van der Waals surface area contributed by atoms with Crippen LogP contribution in [0.1, 0.15) is 34.6 Å². The molecule has 2 heterocycles. The molecule has 7 nitrogen and oxygen atoms in total. The maximum absolute atomic E-state index is 12.4. The average Bonchev–Trinajstić information content (AvgIpc) is 2.80. The molecule has 0 radical (unpaired) electrons. The quantitative estimate of drug-likeness (QED) is 0.857. The second-order valence-electron chi connectivity index (χ2n) is 6.40. The van der Waals surface area contributed by atoms with Crippen molar-refractivity contribution in [3.8, 4) is 0 Å². The van der Waals surface area contributed by atoms with Crippen LogP contribution >= 0.6 is 0 Å². The van der Waals surface area contributed by atoms with Crippen LogP contribution in [0.4, 0.5) is 10.5 Å². The molecule has 4 amide bonds. The van der Waals surface area contributed by atoms with Crippen LogP contribution in [0, 0.1) is 5.92 Å². The molecule has 1 aromatic rings. The van der Waals surface area contributed by atoms with Crippen molar-refractivity contribution in [1.82, 2.24) is 9.80 Å². The summed E-state index contributed by atoms with van der Waals surface area (Å²) in [6.07, 6.45) is 0. The van der Waals surface area contributed by atoms with Crippen molar-refractivity contribution >= 4 is 23.5 Å². The highest BCUT2D eigenvalue weighted by atomic mass is 16.5. The van der Waals surface area contributed by atoms with E-state index in [9.17, 15) is 14.4 Å². The lowest BCUT2D eigenvalue weighted by Gasteiger charge is -2.26. The zero-order valence-corrected chi connectivity index (χ0v) is 13.9. The molecule has 1 aromatic carbocycles. The molecule has 0 spiro atoms. The lowest BCUT2D eigenvalue weighted by atomic mass is 10.1. The van der Waals surface area contributed by atoms with Gasteiger partial charge in [-0.2, -0.15) is 0 Å². The fraction of sp³-hybridized carbons (Fsp3) is 0.471. The first-order chi connectivity index (χ1) is 11.5. The van der Waals surface area contributed by atoms with Crippen molar-refractivity contribution in [2.24, 2.45) is 5.92 Å². The summed E-state index contributed by atoms with van der Waals surface area (Å²) in [4.78, 5) is 39.9. The van der Waals surface area contributed by atoms with Gasteiger partial charge >= 0.3 is 6.03 Å². The van der Waals surface area contributed by atoms with E-state index in [0.717, 1.165) is 0 Å². The van der Waals surface area contributed by atoms with E-state index in [2.05, 4.69) is 5.32 Å². The zero-order valence-electron chi connectivity index (χ0n) is 13.9. The van der Waals surface area contributed by atoms with Crippen LogP contribution in [0.5, 0.6) is 0 Å². The molecular weight excluding hydrogens is 310 g/mol. The molecule has 0 aliphatic carbocycles. The van der Waals surface area contributed by atoms with Crippen LogP contribution < -0.4 is 5.32 Å². The second-order valence-corrected chi connectivity index (χ2v) is 6.40. The van der Waals surface area contributed by atoms with E-state index in [1.807, 2.05) is 13.8 Å². The molecular formula is C17H21N3O4. The van der Waals surface area contributed by atoms with E-state index in [4.69, 9.17) is 4.74 Å². The summed E-state index contributed by atoms with van der Waals surface area (Å²) >= 11 is 0. The molecule has 0 atom stereocenters. The Morgan fingerprint density at radius 2 is 1.83 bits per heavy atom. The summed E-state index contributed by atoms with van der Waals surface area (Å²) in [6.45, 7) is 6.42. The highest BCUT2D eigenvalue weighted by molar-refractivity contribution is 6.21. The third-order valence-corrected chi connectivity index (χ3v) is 4.07. The molecule has 7 heteroatoms. The van der Waals surface area contributed by atoms with Crippen molar-refractivity contribution in [3.05, 3.63) is 29.3 Å². The molecule has 2 aliphatic rings. The van der Waals surface area contributed by atoms with Gasteiger partial charge in [-0.3, -0.25) is 14.5 Å². The monoisotopic (exact) mass is 331 g/mol. The number of hydrogen-bond acceptors (Lipinski definition) is 4. The number of morpholine rings is 1. The van der Waals surface area contributed by atoms with Gasteiger partial charge in [0.25, 0.3) is 11.8 Å². The van der Waals surface area contributed by atoms with E-state index >= 15 is 0 Å². The number of nitrogens with one attached hydrogen (secondary N) is 1. The summed E-state index contributed by atoms with van der Waals surface area (Å²) in [7, 11) is 0. The minimum absolute atomic E-state index is 0.202. The standard InChI is InChI=1S/C17H21N3O4/c1-11(2)10-20-15(21)13-4-3-12(9-14(13)16(20)22)18-17(23)19-5-7-24-8-6-19/h3-4,9,11H,5-8,10H2,1-2H3,(H,18,23). The van der Waals surface area contributed by atoms with E-state index in [-0.39, 0.29) is 23.8 Å². The van der Waals surface area contributed by atoms with Gasteiger partial charge in [0.15, 0.2) is 0 Å². The van der Waals surface area contributed by atoms with Crippen LogP contribution in [0.2, 0.25) is 0 Å². The molecule has 0 bridgehead atoms. The zero-order chi connectivity index (χ0) is 17.3. The van der Waals surface area contributed by atoms with Gasteiger partial charge in [0.05, 0.1) is 24.3 Å². The highest BCUT2D eigenvalue weighted by Gasteiger charge is 2.35. The minimum Gasteiger partial charge on any atom is -0.378 e. The Morgan fingerprint density at radius 1 is 1.17 bits per heavy atom. The normalized spacial score (nSPS) is 17.5. The topological polar surface area (TPSA) is 79.0 Å². The third kappa shape index (κ3) is 3.12. The van der Waals surface area contributed by atoms with Crippen molar-refractivity contribution in [3.63, 3.8) is 0 Å². The summed E-state index contributed by atoms with van der Waals surface area (Å²) < 4.78 is 5.22. The number of rotatable bonds is 3. The minimum atomic E-state index is -0.300. The number of hydrogen-bond donors (Lipinski definition) is 1. The Labute approximate surface area is 140 Å². The van der Waals surface area contributed by atoms with Crippen LogP contribution in [0.15, 0.2) is 18.2 Å². The van der Waals surface area contributed by atoms with Gasteiger partial charge in [-0.15, -0.1) is 0 Å². The van der Waals surface area contributed by atoms with E-state index < -0.39 is 0 Å². The number of imide groups is 1. The van der Waals surface area contributed by atoms with E-state index in [1.165, 1.54) is 4.90 Å². The second kappa shape index (κ2) is 6.60. The Hall–Kier alpha value is -2.41. The Morgan fingerprint density at radius 3 is 2.50 bits per heavy atom. The maximum Gasteiger partial charge on any atom is 0.321 e. The van der Waals surface area contributed by atoms with E-state index in [0.29, 0.717) is 49.7 Å². The van der Waals surface area contributed by atoms with Gasteiger partial charge in [-0.05, 0) is 24.1 Å². The first-order valence-corrected chi connectivity index (χ1v) is 8.11. The molecule has 1 saturated heterocycles. The Balaban J connectivity index is 1.75. The van der Waals surface area contributed by atoms with Crippen molar-refractivity contribution < 1.29 is 19.1 Å². The van der Waals surface area contributed by atoms with Crippen molar-refractivity contribution in [1.29, 1.82) is 0 Å². The van der Waals surface area contributed by atoms with Crippen LogP contribution in [-0.4, -0.2) is 60.5 Å². The summed E-state index contributed by atoms with van der Waals surface area (Å²) in [6, 6.07) is 4.61. The molecule has 0 aromatic heterocycles. The number of nitrogens with zero attached hydrogens (tertiary/aromatic N) is 2. The van der Waals surface area contributed by atoms with Gasteiger partial charge in [0, 0.05) is 25.3 Å². The van der Waals surface area contributed by atoms with Gasteiger partial charge in [0.1, 0.15) is 0 Å². The molecule has 1 fully saturated rings.